The first-order valence-electron chi connectivity index (χ1n) is 11.8. The van der Waals surface area contributed by atoms with Crippen molar-refractivity contribution in [2.24, 2.45) is 0 Å². The van der Waals surface area contributed by atoms with Gasteiger partial charge < -0.3 is 19.3 Å². The Balaban J connectivity index is 1.80. The molecular formula is C30H28N2O6. The van der Waals surface area contributed by atoms with E-state index in [2.05, 4.69) is 5.43 Å². The molecular weight excluding hydrogens is 484 g/mol. The van der Waals surface area contributed by atoms with Crippen LogP contribution in [0.1, 0.15) is 21.5 Å². The van der Waals surface area contributed by atoms with Crippen LogP contribution in [0.25, 0.3) is 0 Å². The van der Waals surface area contributed by atoms with Gasteiger partial charge in [0, 0.05) is 5.56 Å². The van der Waals surface area contributed by atoms with Crippen molar-refractivity contribution in [2.45, 2.75) is 5.60 Å². The molecule has 38 heavy (non-hydrogen) atoms. The number of carbonyl (C=O) groups excluding carboxylic acids is 2. The molecule has 0 saturated heterocycles. The van der Waals surface area contributed by atoms with E-state index in [1.807, 2.05) is 0 Å². The molecule has 0 aliphatic carbocycles. The molecule has 0 fully saturated rings. The number of nitrogens with zero attached hydrogens (tertiary/aromatic N) is 1. The van der Waals surface area contributed by atoms with Crippen LogP contribution in [0, 0.1) is 0 Å². The molecule has 194 valence electrons. The van der Waals surface area contributed by atoms with Crippen LogP contribution in [-0.2, 0) is 10.4 Å². The van der Waals surface area contributed by atoms with Crippen LogP contribution in [0.4, 0.5) is 5.69 Å². The van der Waals surface area contributed by atoms with Gasteiger partial charge in [0.2, 0.25) is 5.75 Å². The van der Waals surface area contributed by atoms with Crippen LogP contribution in [0.15, 0.2) is 103 Å². The fourth-order valence-corrected chi connectivity index (χ4v) is 4.11. The summed E-state index contributed by atoms with van der Waals surface area (Å²) in [5, 5.41) is 13.0. The summed E-state index contributed by atoms with van der Waals surface area (Å²) in [4.78, 5) is 27.8. The Morgan fingerprint density at radius 1 is 0.711 bits per heavy atom. The first kappa shape index (κ1) is 26.2. The molecule has 0 spiro atoms. The molecule has 8 nitrogen and oxygen atoms in total. The summed E-state index contributed by atoms with van der Waals surface area (Å²) in [6.07, 6.45) is 0. The number of hydrogen-bond acceptors (Lipinski definition) is 6. The van der Waals surface area contributed by atoms with Gasteiger partial charge in [0.15, 0.2) is 17.1 Å². The zero-order chi connectivity index (χ0) is 27.1. The molecule has 4 aromatic carbocycles. The van der Waals surface area contributed by atoms with Gasteiger partial charge in [-0.2, -0.15) is 0 Å². The number of aliphatic hydroxyl groups is 1. The number of amides is 2. The molecule has 0 bridgehead atoms. The van der Waals surface area contributed by atoms with Crippen LogP contribution in [0.2, 0.25) is 0 Å². The number of rotatable bonds is 8. The number of nitrogens with one attached hydrogen (secondary N) is 1. The van der Waals surface area contributed by atoms with Crippen LogP contribution in [0.5, 0.6) is 17.2 Å². The molecule has 0 saturated carbocycles. The van der Waals surface area contributed by atoms with Gasteiger partial charge in [-0.15, -0.1) is 0 Å². The van der Waals surface area contributed by atoms with Crippen LogP contribution >= 0.6 is 0 Å². The van der Waals surface area contributed by atoms with Crippen molar-refractivity contribution in [3.8, 4) is 17.2 Å². The smallest absolute Gasteiger partial charge is 0.280 e. The maximum atomic E-state index is 13.9. The number of carbonyl (C=O) groups is 2. The number of anilines is 1. The van der Waals surface area contributed by atoms with E-state index >= 15 is 0 Å². The highest BCUT2D eigenvalue weighted by molar-refractivity contribution is 6.09. The monoisotopic (exact) mass is 512 g/mol. The minimum Gasteiger partial charge on any atom is -0.493 e. The maximum absolute atomic E-state index is 13.9. The highest BCUT2D eigenvalue weighted by Crippen LogP contribution is 2.39. The summed E-state index contributed by atoms with van der Waals surface area (Å²) in [5.74, 6) is -0.532. The Morgan fingerprint density at radius 2 is 1.16 bits per heavy atom. The van der Waals surface area contributed by atoms with Crippen LogP contribution in [-0.4, -0.2) is 38.3 Å². The molecule has 0 atom stereocenters. The van der Waals surface area contributed by atoms with Crippen molar-refractivity contribution in [3.63, 3.8) is 0 Å². The topological polar surface area (TPSA) is 97.3 Å². The van der Waals surface area contributed by atoms with Crippen molar-refractivity contribution >= 4 is 17.5 Å². The van der Waals surface area contributed by atoms with Crippen LogP contribution in [0.3, 0.4) is 0 Å². The summed E-state index contributed by atoms with van der Waals surface area (Å²) >= 11 is 0. The zero-order valence-corrected chi connectivity index (χ0v) is 21.3. The molecule has 2 N–H and O–H groups in total. The van der Waals surface area contributed by atoms with Crippen molar-refractivity contribution in [3.05, 3.63) is 120 Å². The van der Waals surface area contributed by atoms with Crippen molar-refractivity contribution < 1.29 is 28.9 Å². The first-order valence-corrected chi connectivity index (χ1v) is 11.8. The SMILES string of the molecule is COc1cc(C(=O)N(NC(=O)C(O)(c2ccccc2)c2ccccc2)c2ccccc2)cc(OC)c1OC. The van der Waals surface area contributed by atoms with Gasteiger partial charge in [0.1, 0.15) is 0 Å². The Bertz CT molecular complexity index is 1330. The molecule has 2 amide bonds. The number of para-hydroxylation sites is 1. The Kier molecular flexibility index (Phi) is 7.94. The predicted molar refractivity (Wildman–Crippen MR) is 143 cm³/mol. The van der Waals surface area contributed by atoms with Crippen molar-refractivity contribution in [1.29, 1.82) is 0 Å². The first-order chi connectivity index (χ1) is 18.4. The van der Waals surface area contributed by atoms with E-state index in [1.54, 1.807) is 91.0 Å². The minimum absolute atomic E-state index is 0.159. The van der Waals surface area contributed by atoms with E-state index in [9.17, 15) is 14.7 Å². The highest BCUT2D eigenvalue weighted by atomic mass is 16.5. The lowest BCUT2D eigenvalue weighted by atomic mass is 9.85. The minimum atomic E-state index is -2.09. The number of benzene rings is 4. The second-order valence-corrected chi connectivity index (χ2v) is 8.27. The fourth-order valence-electron chi connectivity index (χ4n) is 4.11. The summed E-state index contributed by atoms with van der Waals surface area (Å²) < 4.78 is 16.2. The number of methoxy groups -OCH3 is 3. The van der Waals surface area contributed by atoms with E-state index in [4.69, 9.17) is 14.2 Å². The second-order valence-electron chi connectivity index (χ2n) is 8.27. The summed E-state index contributed by atoms with van der Waals surface area (Å²) in [7, 11) is 4.36. The third-order valence-electron chi connectivity index (χ3n) is 6.05. The van der Waals surface area contributed by atoms with Crippen molar-refractivity contribution in [2.75, 3.05) is 26.3 Å². The van der Waals surface area contributed by atoms with Gasteiger partial charge in [-0.3, -0.25) is 15.0 Å². The number of hydrogen-bond donors (Lipinski definition) is 2. The quantitative estimate of drug-likeness (QED) is 0.341. The Morgan fingerprint density at radius 3 is 1.58 bits per heavy atom. The predicted octanol–water partition coefficient (Wildman–Crippen LogP) is 4.33. The van der Waals surface area contributed by atoms with E-state index in [-0.39, 0.29) is 17.1 Å². The van der Waals surface area contributed by atoms with E-state index in [0.29, 0.717) is 22.6 Å². The van der Waals surface area contributed by atoms with Gasteiger partial charge in [0.05, 0.1) is 27.0 Å². The van der Waals surface area contributed by atoms with Crippen LogP contribution < -0.4 is 24.6 Å². The largest absolute Gasteiger partial charge is 0.493 e. The summed E-state index contributed by atoms with van der Waals surface area (Å²) in [6, 6.07) is 28.7. The third kappa shape index (κ3) is 5.02. The Hall–Kier alpha value is -4.82. The third-order valence-corrected chi connectivity index (χ3v) is 6.05. The lowest BCUT2D eigenvalue weighted by Crippen LogP contribution is -2.54. The summed E-state index contributed by atoms with van der Waals surface area (Å²) in [6.45, 7) is 0. The molecule has 0 aliphatic heterocycles. The van der Waals surface area contributed by atoms with Crippen molar-refractivity contribution in [1.82, 2.24) is 5.43 Å². The van der Waals surface area contributed by atoms with E-state index in [1.165, 1.54) is 33.5 Å². The Labute approximate surface area is 221 Å². The van der Waals surface area contributed by atoms with Gasteiger partial charge in [-0.05, 0) is 35.4 Å². The molecule has 0 heterocycles. The van der Waals surface area contributed by atoms with Gasteiger partial charge in [-0.25, -0.2) is 5.01 Å². The lowest BCUT2D eigenvalue weighted by molar-refractivity contribution is -0.136. The average molecular weight is 513 g/mol. The summed E-state index contributed by atoms with van der Waals surface area (Å²) in [5.41, 5.74) is 1.79. The normalized spacial score (nSPS) is 10.8. The number of ether oxygens (including phenoxy) is 3. The standard InChI is InChI=1S/C30H28N2O6/c1-36-25-19-21(20-26(37-2)27(25)38-3)28(33)32(24-17-11-6-12-18-24)31-29(34)30(35,22-13-7-4-8-14-22)23-15-9-5-10-16-23/h4-20,35H,1-3H3,(H,31,34). The molecule has 4 aromatic rings. The maximum Gasteiger partial charge on any atom is 0.280 e. The van der Waals surface area contributed by atoms with E-state index < -0.39 is 17.4 Å². The van der Waals surface area contributed by atoms with Gasteiger partial charge >= 0.3 is 0 Å². The molecule has 4 rings (SSSR count). The average Bonchev–Trinajstić information content (AvgIpc) is 2.99. The molecule has 0 unspecified atom stereocenters. The highest BCUT2D eigenvalue weighted by Gasteiger charge is 2.41. The van der Waals surface area contributed by atoms with E-state index in [0.717, 1.165) is 5.01 Å². The number of hydrazine groups is 1. The molecule has 0 aliphatic rings. The fraction of sp³-hybridized carbons (Fsp3) is 0.133. The van der Waals surface area contributed by atoms with Gasteiger partial charge in [-0.1, -0.05) is 78.9 Å². The molecule has 8 heteroatoms. The molecule has 0 aromatic heterocycles. The van der Waals surface area contributed by atoms with Gasteiger partial charge in [0.25, 0.3) is 11.8 Å². The zero-order valence-electron chi connectivity index (χ0n) is 21.3. The molecule has 0 radical (unpaired) electrons. The second kappa shape index (κ2) is 11.5. The lowest BCUT2D eigenvalue weighted by Gasteiger charge is -2.32.